The molecule has 1 spiro atoms. The van der Waals surface area contributed by atoms with Crippen LogP contribution in [0, 0.1) is 0 Å². The zero-order valence-electron chi connectivity index (χ0n) is 7.83. The molecule has 0 aromatic carbocycles. The van der Waals surface area contributed by atoms with Crippen LogP contribution in [0.4, 0.5) is 0 Å². The predicted octanol–water partition coefficient (Wildman–Crippen LogP) is 1.10. The van der Waals surface area contributed by atoms with E-state index in [4.69, 9.17) is 9.88 Å². The molecule has 1 saturated heterocycles. The first-order chi connectivity index (χ1) is 6.20. The molecule has 3 nitrogen and oxygen atoms in total. The van der Waals surface area contributed by atoms with Crippen molar-refractivity contribution in [3.63, 3.8) is 0 Å². The fraction of sp³-hybridized carbons (Fsp3) is 1.00. The summed E-state index contributed by atoms with van der Waals surface area (Å²) in [6.45, 7) is 0. The van der Waals surface area contributed by atoms with Gasteiger partial charge >= 0.3 is 0 Å². The van der Waals surface area contributed by atoms with Crippen LogP contribution in [-0.4, -0.2) is 21.7 Å². The molecule has 0 aromatic rings. The standard InChI is InChI=1S/C9H17NO2S/c10-13(11)7-8-3-1-4-9(12-8)5-2-6-9/h8H,1-7,10H2. The average Bonchev–Trinajstić information content (AvgIpc) is 2.01. The molecule has 76 valence electrons. The molecule has 4 heteroatoms. The van der Waals surface area contributed by atoms with Crippen LogP contribution in [0.15, 0.2) is 0 Å². The van der Waals surface area contributed by atoms with Gasteiger partial charge in [-0.15, -0.1) is 0 Å². The van der Waals surface area contributed by atoms with Crippen molar-refractivity contribution in [3.05, 3.63) is 0 Å². The van der Waals surface area contributed by atoms with E-state index in [0.29, 0.717) is 5.75 Å². The molecule has 2 N–H and O–H groups in total. The Morgan fingerprint density at radius 1 is 1.38 bits per heavy atom. The Balaban J connectivity index is 1.88. The third-order valence-corrected chi connectivity index (χ3v) is 3.89. The second-order valence-corrected chi connectivity index (χ2v) is 5.31. The minimum atomic E-state index is -1.20. The highest BCUT2D eigenvalue weighted by atomic mass is 32.2. The Hall–Kier alpha value is 0.0700. The van der Waals surface area contributed by atoms with Crippen LogP contribution >= 0.6 is 0 Å². The smallest absolute Gasteiger partial charge is 0.0914 e. The Bertz CT molecular complexity index is 216. The van der Waals surface area contributed by atoms with Gasteiger partial charge in [-0.3, -0.25) is 5.14 Å². The number of hydrogen-bond donors (Lipinski definition) is 1. The number of ether oxygens (including phenoxy) is 1. The molecule has 0 aromatic heterocycles. The first kappa shape index (κ1) is 9.62. The van der Waals surface area contributed by atoms with Crippen LogP contribution in [0.3, 0.4) is 0 Å². The summed E-state index contributed by atoms with van der Waals surface area (Å²) in [6.07, 6.45) is 7.27. The normalized spacial score (nSPS) is 34.1. The van der Waals surface area contributed by atoms with Crippen molar-refractivity contribution in [2.45, 2.75) is 50.2 Å². The molecule has 1 aliphatic heterocycles. The lowest BCUT2D eigenvalue weighted by Crippen LogP contribution is -2.47. The maximum Gasteiger partial charge on any atom is 0.0914 e. The first-order valence-electron chi connectivity index (χ1n) is 5.01. The summed E-state index contributed by atoms with van der Waals surface area (Å²) < 4.78 is 16.8. The molecular formula is C9H17NO2S. The van der Waals surface area contributed by atoms with Gasteiger partial charge in [0.25, 0.3) is 0 Å². The fourth-order valence-corrected chi connectivity index (χ4v) is 2.96. The van der Waals surface area contributed by atoms with Crippen LogP contribution < -0.4 is 5.14 Å². The summed E-state index contributed by atoms with van der Waals surface area (Å²) in [6, 6.07) is 0. The van der Waals surface area contributed by atoms with Crippen LogP contribution in [0.1, 0.15) is 38.5 Å². The Kier molecular flexibility index (Phi) is 2.72. The van der Waals surface area contributed by atoms with Gasteiger partial charge in [-0.2, -0.15) is 0 Å². The van der Waals surface area contributed by atoms with Crippen molar-refractivity contribution in [1.29, 1.82) is 0 Å². The van der Waals surface area contributed by atoms with Crippen LogP contribution in [0.5, 0.6) is 0 Å². The Labute approximate surface area is 81.6 Å². The minimum Gasteiger partial charge on any atom is -0.371 e. The third kappa shape index (κ3) is 2.11. The van der Waals surface area contributed by atoms with Gasteiger partial charge < -0.3 is 4.74 Å². The molecule has 1 aliphatic carbocycles. The monoisotopic (exact) mass is 203 g/mol. The van der Waals surface area contributed by atoms with Gasteiger partial charge in [-0.1, -0.05) is 0 Å². The van der Waals surface area contributed by atoms with E-state index in [0.717, 1.165) is 6.42 Å². The van der Waals surface area contributed by atoms with E-state index in [1.165, 1.54) is 32.1 Å². The Morgan fingerprint density at radius 2 is 2.08 bits per heavy atom. The van der Waals surface area contributed by atoms with E-state index in [9.17, 15) is 4.21 Å². The van der Waals surface area contributed by atoms with Crippen molar-refractivity contribution < 1.29 is 8.95 Å². The molecular weight excluding hydrogens is 186 g/mol. The van der Waals surface area contributed by atoms with E-state index in [1.807, 2.05) is 0 Å². The molecule has 0 radical (unpaired) electrons. The van der Waals surface area contributed by atoms with Gasteiger partial charge in [0.05, 0.1) is 28.4 Å². The molecule has 0 bridgehead atoms. The molecule has 2 unspecified atom stereocenters. The second kappa shape index (κ2) is 3.67. The molecule has 2 rings (SSSR count). The number of rotatable bonds is 2. The molecule has 2 atom stereocenters. The zero-order valence-corrected chi connectivity index (χ0v) is 8.65. The Morgan fingerprint density at radius 3 is 2.62 bits per heavy atom. The highest BCUT2D eigenvalue weighted by Crippen LogP contribution is 2.44. The molecule has 13 heavy (non-hydrogen) atoms. The first-order valence-corrected chi connectivity index (χ1v) is 6.39. The van der Waals surface area contributed by atoms with E-state index in [1.54, 1.807) is 0 Å². The number of nitrogens with two attached hydrogens (primary N) is 1. The molecule has 1 heterocycles. The zero-order chi connectivity index (χ0) is 9.31. The van der Waals surface area contributed by atoms with E-state index < -0.39 is 11.0 Å². The average molecular weight is 203 g/mol. The number of hydrogen-bond acceptors (Lipinski definition) is 2. The van der Waals surface area contributed by atoms with Gasteiger partial charge in [-0.25, -0.2) is 4.21 Å². The van der Waals surface area contributed by atoms with Crippen molar-refractivity contribution >= 4 is 11.0 Å². The van der Waals surface area contributed by atoms with Gasteiger partial charge in [-0.05, 0) is 38.5 Å². The maximum absolute atomic E-state index is 10.8. The molecule has 2 aliphatic rings. The lowest BCUT2D eigenvalue weighted by molar-refractivity contribution is -0.161. The minimum absolute atomic E-state index is 0.153. The molecule has 0 amide bonds. The summed E-state index contributed by atoms with van der Waals surface area (Å²) in [5.41, 5.74) is 0.169. The largest absolute Gasteiger partial charge is 0.371 e. The second-order valence-electron chi connectivity index (χ2n) is 4.22. The maximum atomic E-state index is 10.8. The summed E-state index contributed by atoms with van der Waals surface area (Å²) in [4.78, 5) is 0. The summed E-state index contributed by atoms with van der Waals surface area (Å²) in [5.74, 6) is 0.516. The van der Waals surface area contributed by atoms with Crippen molar-refractivity contribution in [3.8, 4) is 0 Å². The third-order valence-electron chi connectivity index (χ3n) is 3.19. The van der Waals surface area contributed by atoms with Gasteiger partial charge in [0.1, 0.15) is 0 Å². The highest BCUT2D eigenvalue weighted by molar-refractivity contribution is 7.82. The summed E-state index contributed by atoms with van der Waals surface area (Å²) in [5, 5.41) is 5.26. The quantitative estimate of drug-likeness (QED) is 0.730. The van der Waals surface area contributed by atoms with E-state index in [2.05, 4.69) is 0 Å². The summed E-state index contributed by atoms with van der Waals surface area (Å²) in [7, 11) is -1.20. The fourth-order valence-electron chi connectivity index (χ4n) is 2.36. The van der Waals surface area contributed by atoms with Gasteiger partial charge in [0.2, 0.25) is 0 Å². The van der Waals surface area contributed by atoms with E-state index in [-0.39, 0.29) is 11.7 Å². The lowest BCUT2D eigenvalue weighted by atomic mass is 9.74. The lowest BCUT2D eigenvalue weighted by Gasteiger charge is -2.47. The molecule has 2 fully saturated rings. The topological polar surface area (TPSA) is 52.3 Å². The van der Waals surface area contributed by atoms with E-state index >= 15 is 0 Å². The SMILES string of the molecule is NS(=O)CC1CCCC2(CCC2)O1. The van der Waals surface area contributed by atoms with Crippen molar-refractivity contribution in [2.75, 3.05) is 5.75 Å². The highest BCUT2D eigenvalue weighted by Gasteiger charge is 2.42. The summed E-state index contributed by atoms with van der Waals surface area (Å²) >= 11 is 0. The van der Waals surface area contributed by atoms with Gasteiger partial charge in [0.15, 0.2) is 0 Å². The van der Waals surface area contributed by atoms with Gasteiger partial charge in [0, 0.05) is 0 Å². The predicted molar refractivity (Wildman–Crippen MR) is 52.5 cm³/mol. The van der Waals surface area contributed by atoms with Crippen molar-refractivity contribution in [2.24, 2.45) is 5.14 Å². The van der Waals surface area contributed by atoms with Crippen LogP contribution in [0.2, 0.25) is 0 Å². The van der Waals surface area contributed by atoms with Crippen LogP contribution in [0.25, 0.3) is 0 Å². The van der Waals surface area contributed by atoms with Crippen molar-refractivity contribution in [1.82, 2.24) is 0 Å². The molecule has 1 saturated carbocycles. The van der Waals surface area contributed by atoms with Crippen LogP contribution in [-0.2, 0) is 15.7 Å².